The molecule has 7 heteroatoms. The summed E-state index contributed by atoms with van der Waals surface area (Å²) in [7, 11) is -3.64. The average Bonchev–Trinajstić information content (AvgIpc) is 2.43. The van der Waals surface area contributed by atoms with Crippen LogP contribution in [0, 0.1) is 0 Å². The molecule has 0 radical (unpaired) electrons. The van der Waals surface area contributed by atoms with Crippen molar-refractivity contribution in [2.45, 2.75) is 26.3 Å². The molecule has 0 aliphatic heterocycles. The molecule has 15 heavy (non-hydrogen) atoms. The van der Waals surface area contributed by atoms with Gasteiger partial charge in [0.25, 0.3) is 0 Å². The average molecular weight is 236 g/mol. The first-order valence-corrected chi connectivity index (χ1v) is 6.12. The summed E-state index contributed by atoms with van der Waals surface area (Å²) in [5, 5.41) is 0. The number of hydrogen-bond donors (Lipinski definition) is 0. The molecule has 0 saturated carbocycles. The first kappa shape index (κ1) is 12.2. The highest BCUT2D eigenvalue weighted by atomic mass is 31.2. The van der Waals surface area contributed by atoms with Gasteiger partial charge in [-0.1, -0.05) is 13.3 Å². The molecule has 0 N–H and O–H groups in total. The van der Waals surface area contributed by atoms with E-state index in [4.69, 9.17) is 0 Å². The van der Waals surface area contributed by atoms with Gasteiger partial charge in [-0.05, 0) is 6.42 Å². The molecule has 0 aromatic carbocycles. The van der Waals surface area contributed by atoms with Gasteiger partial charge in [0.05, 0.1) is 6.54 Å². The maximum Gasteiger partial charge on any atom is 0.389 e. The minimum Gasteiger partial charge on any atom is -0.742 e. The number of halogens is 1. The number of rotatable bonds is 5. The fourth-order valence-electron chi connectivity index (χ4n) is 1.22. The highest BCUT2D eigenvalue weighted by Gasteiger charge is 2.20. The molecule has 0 aliphatic rings. The van der Waals surface area contributed by atoms with E-state index in [2.05, 4.69) is 4.52 Å². The SMILES string of the molecule is CCCCn1ccn(C)[c+]1OP(=O)([O-])F. The number of aryl methyl sites for hydroxylation is 2. The lowest BCUT2D eigenvalue weighted by atomic mass is 10.3. The third kappa shape index (κ3) is 3.64. The fraction of sp³-hybridized carbons (Fsp3) is 0.625. The summed E-state index contributed by atoms with van der Waals surface area (Å²) in [6.07, 6.45) is 5.10. The van der Waals surface area contributed by atoms with Crippen molar-refractivity contribution in [1.82, 2.24) is 9.13 Å². The Morgan fingerprint density at radius 2 is 2.27 bits per heavy atom. The third-order valence-corrected chi connectivity index (χ3v) is 2.34. The zero-order valence-electron chi connectivity index (χ0n) is 8.72. The van der Waals surface area contributed by atoms with Crippen LogP contribution < -0.4 is 9.42 Å². The Labute approximate surface area is 87.8 Å². The molecule has 5 nitrogen and oxygen atoms in total. The van der Waals surface area contributed by atoms with Gasteiger partial charge < -0.3 is 9.42 Å². The molecule has 1 unspecified atom stereocenters. The topological polar surface area (TPSA) is 59.2 Å². The van der Waals surface area contributed by atoms with E-state index in [9.17, 15) is 13.7 Å². The molecular weight excluding hydrogens is 222 g/mol. The summed E-state index contributed by atoms with van der Waals surface area (Å²) in [5.74, 6) is 0. The van der Waals surface area contributed by atoms with E-state index < -0.39 is 7.91 Å². The standard InChI is InChI=1S/C8H14FN2O3P/c1-3-4-5-11-7-6-10(2)8(11)14-15(9,12)13/h6-7H,3-5H2,1-2H3. The lowest BCUT2D eigenvalue weighted by Crippen LogP contribution is -2.09. The Morgan fingerprint density at radius 3 is 2.80 bits per heavy atom. The molecule has 0 amide bonds. The highest BCUT2D eigenvalue weighted by Crippen LogP contribution is 2.39. The van der Waals surface area contributed by atoms with Crippen molar-refractivity contribution >= 4 is 7.91 Å². The van der Waals surface area contributed by atoms with Gasteiger partial charge in [-0.15, -0.1) is 0 Å². The molecule has 1 aromatic rings. The zero-order valence-corrected chi connectivity index (χ0v) is 9.61. The Balaban J connectivity index is 2.84. The molecule has 1 heterocycles. The summed E-state index contributed by atoms with van der Waals surface area (Å²) in [5.41, 5.74) is 0. The van der Waals surface area contributed by atoms with E-state index in [0.717, 1.165) is 12.8 Å². The van der Waals surface area contributed by atoms with Crippen LogP contribution in [0.5, 0.6) is 6.01 Å². The minimum absolute atomic E-state index is 0.00992. The van der Waals surface area contributed by atoms with E-state index >= 15 is 0 Å². The van der Waals surface area contributed by atoms with Gasteiger partial charge in [0.1, 0.15) is 0 Å². The molecular formula is C8H14FN2O3P. The Kier molecular flexibility index (Phi) is 3.88. The smallest absolute Gasteiger partial charge is 0.389 e. The van der Waals surface area contributed by atoms with Crippen LogP contribution in [-0.4, -0.2) is 9.13 Å². The van der Waals surface area contributed by atoms with Gasteiger partial charge in [0.15, 0.2) is 12.4 Å². The number of hydrogen-bond acceptors (Lipinski definition) is 3. The third-order valence-electron chi connectivity index (χ3n) is 1.96. The maximum absolute atomic E-state index is 12.4. The first-order chi connectivity index (χ1) is 6.94. The molecule has 86 valence electrons. The Hall–Kier alpha value is -0.870. The molecule has 1 aromatic heterocycles. The zero-order chi connectivity index (χ0) is 11.5. The first-order valence-electron chi connectivity index (χ1n) is 4.69. The van der Waals surface area contributed by atoms with Crippen molar-refractivity contribution in [3.8, 4) is 6.01 Å². The highest BCUT2D eigenvalue weighted by molar-refractivity contribution is 7.45. The van der Waals surface area contributed by atoms with E-state index in [-0.39, 0.29) is 6.01 Å². The predicted molar refractivity (Wildman–Crippen MR) is 52.1 cm³/mol. The quantitative estimate of drug-likeness (QED) is 0.577. The van der Waals surface area contributed by atoms with Crippen LogP contribution in [0.25, 0.3) is 0 Å². The molecule has 0 saturated heterocycles. The van der Waals surface area contributed by atoms with Crippen LogP contribution in [0.2, 0.25) is 0 Å². The van der Waals surface area contributed by atoms with E-state index in [0.29, 0.717) is 6.54 Å². The number of imidazole rings is 1. The van der Waals surface area contributed by atoms with Gasteiger partial charge >= 0.3 is 13.9 Å². The van der Waals surface area contributed by atoms with Crippen molar-refractivity contribution in [3.05, 3.63) is 12.4 Å². The second-order valence-corrected chi connectivity index (χ2v) is 4.30. The molecule has 0 bridgehead atoms. The summed E-state index contributed by atoms with van der Waals surface area (Å²) < 4.78 is 30.0. The number of nitrogens with zero attached hydrogens (tertiary/aromatic N) is 2. The van der Waals surface area contributed by atoms with Crippen LogP contribution in [0.15, 0.2) is 12.4 Å². The molecule has 1 rings (SSSR count). The normalized spacial score (nSPS) is 14.9. The van der Waals surface area contributed by atoms with Gasteiger partial charge in [0, 0.05) is 7.05 Å². The Bertz CT molecular complexity index is 374. The largest absolute Gasteiger partial charge is 0.742 e. The maximum atomic E-state index is 12.4. The minimum atomic E-state index is -5.23. The predicted octanol–water partition coefficient (Wildman–Crippen LogP) is 1.72. The van der Waals surface area contributed by atoms with Gasteiger partial charge in [-0.25, -0.2) is 0 Å². The summed E-state index contributed by atoms with van der Waals surface area (Å²) in [4.78, 5) is 10.4. The molecule has 0 aliphatic carbocycles. The van der Waals surface area contributed by atoms with E-state index in [1.165, 1.54) is 4.57 Å². The number of aromatic nitrogens is 2. The van der Waals surface area contributed by atoms with Crippen LogP contribution in [0.1, 0.15) is 19.8 Å². The van der Waals surface area contributed by atoms with Crippen LogP contribution in [0.4, 0.5) is 4.20 Å². The van der Waals surface area contributed by atoms with Crippen molar-refractivity contribution in [1.29, 1.82) is 0 Å². The second-order valence-electron chi connectivity index (χ2n) is 3.26. The number of unbranched alkanes of at least 4 members (excludes halogenated alkanes) is 1. The fourth-order valence-corrected chi connectivity index (χ4v) is 1.65. The van der Waals surface area contributed by atoms with Crippen LogP contribution >= 0.6 is 7.91 Å². The van der Waals surface area contributed by atoms with Crippen molar-refractivity contribution in [2.75, 3.05) is 0 Å². The van der Waals surface area contributed by atoms with E-state index in [1.807, 2.05) is 6.92 Å². The van der Waals surface area contributed by atoms with Gasteiger partial charge in [0.2, 0.25) is 0 Å². The van der Waals surface area contributed by atoms with Crippen LogP contribution in [-0.2, 0) is 18.2 Å². The summed E-state index contributed by atoms with van der Waals surface area (Å²) in [6, 6.07) is -0.00992. The van der Waals surface area contributed by atoms with Crippen molar-refractivity contribution in [2.24, 2.45) is 7.05 Å². The van der Waals surface area contributed by atoms with E-state index in [1.54, 1.807) is 24.0 Å². The van der Waals surface area contributed by atoms with Crippen LogP contribution in [0.3, 0.4) is 0 Å². The van der Waals surface area contributed by atoms with Crippen molar-refractivity contribution in [3.63, 3.8) is 0 Å². The summed E-state index contributed by atoms with van der Waals surface area (Å²) >= 11 is 0. The second kappa shape index (κ2) is 4.77. The molecule has 0 spiro atoms. The lowest BCUT2D eigenvalue weighted by Gasteiger charge is -2.11. The molecule has 1 atom stereocenters. The summed E-state index contributed by atoms with van der Waals surface area (Å²) in [6.45, 7) is 2.62. The lowest BCUT2D eigenvalue weighted by molar-refractivity contribution is -0.204. The van der Waals surface area contributed by atoms with Gasteiger partial charge in [-0.3, -0.25) is 4.57 Å². The molecule has 0 fully saturated rings. The van der Waals surface area contributed by atoms with Crippen molar-refractivity contribution < 1.29 is 18.2 Å². The monoisotopic (exact) mass is 236 g/mol. The van der Waals surface area contributed by atoms with Gasteiger partial charge in [-0.2, -0.15) is 13.3 Å². The Morgan fingerprint density at radius 1 is 1.60 bits per heavy atom.